The normalized spacial score (nSPS) is 10.9. The predicted molar refractivity (Wildman–Crippen MR) is 60.2 cm³/mol. The largest absolute Gasteiger partial charge is 0.478 e. The Bertz CT molecular complexity index is 346. The smallest absolute Gasteiger partial charge is 0.337 e. The number of carboxylic acids is 1. The van der Waals surface area contributed by atoms with Crippen LogP contribution in [0.3, 0.4) is 0 Å². The highest BCUT2D eigenvalue weighted by Gasteiger charge is 2.08. The fraction of sp³-hybridized carbons (Fsp3) is 0.500. The Hall–Kier alpha value is -0.810. The molecule has 0 aliphatic rings. The van der Waals surface area contributed by atoms with Crippen LogP contribution in [0.5, 0.6) is 0 Å². The standard InChI is InChI=1S/C10H14BrNO3/c1-7(2)15-4-3-12-6-8(10(13)14)5-9(12)11/h5-7H,3-4H2,1-2H3,(H,13,14). The van der Waals surface area contributed by atoms with Crippen molar-refractivity contribution in [3.8, 4) is 0 Å². The van der Waals surface area contributed by atoms with E-state index in [0.29, 0.717) is 13.2 Å². The number of carboxylic acid groups (broad SMARTS) is 1. The number of hydrogen-bond donors (Lipinski definition) is 1. The summed E-state index contributed by atoms with van der Waals surface area (Å²) in [6.45, 7) is 5.15. The first-order valence-electron chi connectivity index (χ1n) is 4.71. The van der Waals surface area contributed by atoms with Crippen molar-refractivity contribution in [2.45, 2.75) is 26.5 Å². The zero-order chi connectivity index (χ0) is 11.4. The lowest BCUT2D eigenvalue weighted by atomic mass is 10.4. The number of rotatable bonds is 5. The van der Waals surface area contributed by atoms with Gasteiger partial charge in [-0.25, -0.2) is 4.79 Å². The highest BCUT2D eigenvalue weighted by atomic mass is 79.9. The Morgan fingerprint density at radius 1 is 1.67 bits per heavy atom. The molecule has 15 heavy (non-hydrogen) atoms. The molecule has 0 fully saturated rings. The Kier molecular flexibility index (Phi) is 4.35. The molecule has 1 rings (SSSR count). The van der Waals surface area contributed by atoms with Gasteiger partial charge in [-0.15, -0.1) is 0 Å². The lowest BCUT2D eigenvalue weighted by Crippen LogP contribution is -2.10. The SMILES string of the molecule is CC(C)OCCn1cc(C(=O)O)cc1Br. The molecular formula is C10H14BrNO3. The molecule has 1 N–H and O–H groups in total. The summed E-state index contributed by atoms with van der Waals surface area (Å²) in [6.07, 6.45) is 1.79. The van der Waals surface area contributed by atoms with Crippen LogP contribution in [0, 0.1) is 0 Å². The molecule has 4 nitrogen and oxygen atoms in total. The van der Waals surface area contributed by atoms with Gasteiger partial charge >= 0.3 is 5.97 Å². The fourth-order valence-corrected chi connectivity index (χ4v) is 1.68. The van der Waals surface area contributed by atoms with Crippen LogP contribution in [0.4, 0.5) is 0 Å². The summed E-state index contributed by atoms with van der Waals surface area (Å²) in [7, 11) is 0. The second-order valence-electron chi connectivity index (χ2n) is 3.47. The monoisotopic (exact) mass is 275 g/mol. The van der Waals surface area contributed by atoms with Gasteiger partial charge in [0.25, 0.3) is 0 Å². The number of nitrogens with zero attached hydrogens (tertiary/aromatic N) is 1. The first-order valence-corrected chi connectivity index (χ1v) is 5.50. The summed E-state index contributed by atoms with van der Waals surface area (Å²) < 4.78 is 7.95. The number of halogens is 1. The van der Waals surface area contributed by atoms with Gasteiger partial charge in [-0.1, -0.05) is 0 Å². The van der Waals surface area contributed by atoms with Gasteiger partial charge in [-0.3, -0.25) is 0 Å². The van der Waals surface area contributed by atoms with E-state index in [9.17, 15) is 4.79 Å². The van der Waals surface area contributed by atoms with Crippen LogP contribution >= 0.6 is 15.9 Å². The maximum atomic E-state index is 10.7. The van der Waals surface area contributed by atoms with E-state index in [4.69, 9.17) is 9.84 Å². The summed E-state index contributed by atoms with van der Waals surface area (Å²) in [6, 6.07) is 1.58. The number of hydrogen-bond acceptors (Lipinski definition) is 2. The average Bonchev–Trinajstić information content (AvgIpc) is 2.47. The molecular weight excluding hydrogens is 262 g/mol. The van der Waals surface area contributed by atoms with Crippen LogP contribution in [0.25, 0.3) is 0 Å². The van der Waals surface area contributed by atoms with E-state index in [2.05, 4.69) is 15.9 Å². The molecule has 0 aliphatic carbocycles. The van der Waals surface area contributed by atoms with Gasteiger partial charge in [-0.05, 0) is 35.8 Å². The third-order valence-corrected chi connectivity index (χ3v) is 2.56. The van der Waals surface area contributed by atoms with E-state index in [1.807, 2.05) is 18.4 Å². The lowest BCUT2D eigenvalue weighted by Gasteiger charge is -2.08. The minimum absolute atomic E-state index is 0.193. The van der Waals surface area contributed by atoms with E-state index in [1.54, 1.807) is 12.3 Å². The minimum Gasteiger partial charge on any atom is -0.478 e. The van der Waals surface area contributed by atoms with Gasteiger partial charge in [0.2, 0.25) is 0 Å². The molecule has 1 heterocycles. The molecule has 0 saturated carbocycles. The topological polar surface area (TPSA) is 51.5 Å². The summed E-state index contributed by atoms with van der Waals surface area (Å²) in [5.41, 5.74) is 0.284. The van der Waals surface area contributed by atoms with E-state index < -0.39 is 5.97 Å². The maximum absolute atomic E-state index is 10.7. The number of aromatic nitrogens is 1. The van der Waals surface area contributed by atoms with Crippen molar-refractivity contribution in [2.75, 3.05) is 6.61 Å². The predicted octanol–water partition coefficient (Wildman–Crippen LogP) is 2.37. The molecule has 0 aromatic carbocycles. The number of carbonyl (C=O) groups is 1. The van der Waals surface area contributed by atoms with Crippen molar-refractivity contribution in [2.24, 2.45) is 0 Å². The quantitative estimate of drug-likeness (QED) is 0.898. The van der Waals surface area contributed by atoms with E-state index in [-0.39, 0.29) is 11.7 Å². The highest BCUT2D eigenvalue weighted by molar-refractivity contribution is 9.10. The third kappa shape index (κ3) is 3.68. The Morgan fingerprint density at radius 3 is 2.80 bits per heavy atom. The zero-order valence-corrected chi connectivity index (χ0v) is 10.3. The highest BCUT2D eigenvalue weighted by Crippen LogP contribution is 2.15. The van der Waals surface area contributed by atoms with E-state index >= 15 is 0 Å². The van der Waals surface area contributed by atoms with Crippen molar-refractivity contribution in [1.29, 1.82) is 0 Å². The molecule has 0 bridgehead atoms. The molecule has 1 aromatic heterocycles. The second kappa shape index (κ2) is 5.32. The van der Waals surface area contributed by atoms with Crippen molar-refractivity contribution < 1.29 is 14.6 Å². The molecule has 0 spiro atoms. The van der Waals surface area contributed by atoms with Crippen molar-refractivity contribution in [1.82, 2.24) is 4.57 Å². The number of ether oxygens (including phenoxy) is 1. The summed E-state index contributed by atoms with van der Waals surface area (Å²) in [5, 5.41) is 8.77. The average molecular weight is 276 g/mol. The third-order valence-electron chi connectivity index (χ3n) is 1.87. The molecule has 1 aromatic rings. The summed E-state index contributed by atoms with van der Waals surface area (Å²) >= 11 is 3.30. The molecule has 0 saturated heterocycles. The van der Waals surface area contributed by atoms with Crippen molar-refractivity contribution in [3.63, 3.8) is 0 Å². The van der Waals surface area contributed by atoms with Crippen molar-refractivity contribution >= 4 is 21.9 Å². The van der Waals surface area contributed by atoms with Crippen LogP contribution in [-0.4, -0.2) is 28.4 Å². The van der Waals surface area contributed by atoms with Crippen LogP contribution in [-0.2, 0) is 11.3 Å². The van der Waals surface area contributed by atoms with Gasteiger partial charge in [-0.2, -0.15) is 0 Å². The molecule has 0 aliphatic heterocycles. The summed E-state index contributed by atoms with van der Waals surface area (Å²) in [4.78, 5) is 10.7. The molecule has 0 amide bonds. The van der Waals surface area contributed by atoms with Crippen LogP contribution in [0.15, 0.2) is 16.9 Å². The fourth-order valence-electron chi connectivity index (χ4n) is 1.15. The van der Waals surface area contributed by atoms with E-state index in [0.717, 1.165) is 4.60 Å². The minimum atomic E-state index is -0.917. The van der Waals surface area contributed by atoms with Gasteiger partial charge < -0.3 is 14.4 Å². The maximum Gasteiger partial charge on any atom is 0.337 e. The van der Waals surface area contributed by atoms with Gasteiger partial charge in [0.05, 0.1) is 22.9 Å². The molecule has 0 atom stereocenters. The molecule has 5 heteroatoms. The van der Waals surface area contributed by atoms with E-state index in [1.165, 1.54) is 0 Å². The molecule has 84 valence electrons. The van der Waals surface area contributed by atoms with Gasteiger partial charge in [0.1, 0.15) is 0 Å². The van der Waals surface area contributed by atoms with Crippen LogP contribution < -0.4 is 0 Å². The van der Waals surface area contributed by atoms with Gasteiger partial charge in [0.15, 0.2) is 0 Å². The first kappa shape index (κ1) is 12.3. The van der Waals surface area contributed by atoms with Crippen LogP contribution in [0.1, 0.15) is 24.2 Å². The lowest BCUT2D eigenvalue weighted by molar-refractivity contribution is 0.0689. The molecule has 0 unspecified atom stereocenters. The van der Waals surface area contributed by atoms with Crippen LogP contribution in [0.2, 0.25) is 0 Å². The first-order chi connectivity index (χ1) is 7.00. The summed E-state index contributed by atoms with van der Waals surface area (Å²) in [5.74, 6) is -0.917. The van der Waals surface area contributed by atoms with Crippen molar-refractivity contribution in [3.05, 3.63) is 22.4 Å². The zero-order valence-electron chi connectivity index (χ0n) is 8.74. The number of aromatic carboxylic acids is 1. The Labute approximate surface area is 97.0 Å². The Balaban J connectivity index is 2.57. The van der Waals surface area contributed by atoms with Gasteiger partial charge in [0, 0.05) is 12.7 Å². The molecule has 0 radical (unpaired) electrons. The second-order valence-corrected chi connectivity index (χ2v) is 4.28. The Morgan fingerprint density at radius 2 is 2.33 bits per heavy atom.